The Kier molecular flexibility index (Phi) is 3.90. The summed E-state index contributed by atoms with van der Waals surface area (Å²) < 4.78 is 18.6. The van der Waals surface area contributed by atoms with E-state index in [-0.39, 0.29) is 12.3 Å². The van der Waals surface area contributed by atoms with Crippen LogP contribution in [0.15, 0.2) is 55.2 Å². The number of rotatable bonds is 4. The third-order valence-electron chi connectivity index (χ3n) is 4.85. The monoisotopic (exact) mass is 374 g/mol. The molecule has 2 aliphatic rings. The van der Waals surface area contributed by atoms with Crippen LogP contribution in [0.4, 0.5) is 0 Å². The second kappa shape index (κ2) is 6.56. The van der Waals surface area contributed by atoms with Crippen molar-refractivity contribution < 1.29 is 19.0 Å². The van der Waals surface area contributed by atoms with Crippen LogP contribution in [0.3, 0.4) is 0 Å². The van der Waals surface area contributed by atoms with E-state index in [0.717, 1.165) is 33.9 Å². The third-order valence-corrected chi connectivity index (χ3v) is 4.85. The SMILES string of the molecule is C=C1Oc2ccccc2-c2c1cnn2CC(=O)Cc1ccc2c(c1)OCCO2. The minimum atomic E-state index is 0.0529. The molecule has 0 N–H and O–H groups in total. The van der Waals surface area contributed by atoms with E-state index >= 15 is 0 Å². The average Bonchev–Trinajstić information content (AvgIpc) is 3.12. The molecule has 0 saturated heterocycles. The minimum absolute atomic E-state index is 0.0529. The van der Waals surface area contributed by atoms with Gasteiger partial charge in [0.2, 0.25) is 0 Å². The molecule has 0 radical (unpaired) electrons. The van der Waals surface area contributed by atoms with Crippen LogP contribution >= 0.6 is 0 Å². The summed E-state index contributed by atoms with van der Waals surface area (Å²) in [5.74, 6) is 2.73. The lowest BCUT2D eigenvalue weighted by Crippen LogP contribution is -2.17. The lowest BCUT2D eigenvalue weighted by Gasteiger charge is -2.20. The van der Waals surface area contributed by atoms with Crippen molar-refractivity contribution in [3.8, 4) is 28.5 Å². The van der Waals surface area contributed by atoms with Gasteiger partial charge >= 0.3 is 0 Å². The van der Waals surface area contributed by atoms with Gasteiger partial charge in [-0.3, -0.25) is 9.48 Å². The molecule has 0 atom stereocenters. The summed E-state index contributed by atoms with van der Waals surface area (Å²) in [7, 11) is 0. The molecule has 0 saturated carbocycles. The van der Waals surface area contributed by atoms with Gasteiger partial charge in [-0.1, -0.05) is 24.8 Å². The number of aromatic nitrogens is 2. The number of ketones is 1. The van der Waals surface area contributed by atoms with Crippen LogP contribution < -0.4 is 14.2 Å². The molecule has 6 nitrogen and oxygen atoms in total. The lowest BCUT2D eigenvalue weighted by molar-refractivity contribution is -0.119. The number of hydrogen-bond acceptors (Lipinski definition) is 5. The zero-order valence-corrected chi connectivity index (χ0v) is 15.2. The van der Waals surface area contributed by atoms with Gasteiger partial charge in [0.25, 0.3) is 0 Å². The molecule has 140 valence electrons. The second-order valence-corrected chi connectivity index (χ2v) is 6.78. The highest BCUT2D eigenvalue weighted by molar-refractivity contribution is 5.86. The molecule has 5 rings (SSSR count). The molecule has 0 bridgehead atoms. The molecule has 0 fully saturated rings. The van der Waals surface area contributed by atoms with Gasteiger partial charge in [0.1, 0.15) is 31.3 Å². The fraction of sp³-hybridized carbons (Fsp3) is 0.182. The number of ether oxygens (including phenoxy) is 3. The van der Waals surface area contributed by atoms with Crippen molar-refractivity contribution in [1.82, 2.24) is 9.78 Å². The number of nitrogens with zero attached hydrogens (tertiary/aromatic N) is 2. The standard InChI is InChI=1S/C22H18N2O4/c1-14-18-12-23-24(22(18)17-4-2-3-5-19(17)28-14)13-16(25)10-15-6-7-20-21(11-15)27-9-8-26-20/h2-7,11-12H,1,8-10,13H2. The molecule has 2 aromatic carbocycles. The van der Waals surface area contributed by atoms with Gasteiger partial charge in [-0.2, -0.15) is 5.10 Å². The van der Waals surface area contributed by atoms with Crippen molar-refractivity contribution in [3.05, 3.63) is 66.4 Å². The summed E-state index contributed by atoms with van der Waals surface area (Å²) >= 11 is 0. The minimum Gasteiger partial charge on any atom is -0.486 e. The number of carbonyl (C=O) groups excluding carboxylic acids is 1. The van der Waals surface area contributed by atoms with Crippen LogP contribution in [0.25, 0.3) is 17.0 Å². The first kappa shape index (κ1) is 16.6. The Hall–Kier alpha value is -3.54. The predicted molar refractivity (Wildman–Crippen MR) is 103 cm³/mol. The Morgan fingerprint density at radius 3 is 2.75 bits per heavy atom. The maximum atomic E-state index is 12.7. The van der Waals surface area contributed by atoms with Crippen molar-refractivity contribution in [2.24, 2.45) is 0 Å². The molecular weight excluding hydrogens is 356 g/mol. The average molecular weight is 374 g/mol. The summed E-state index contributed by atoms with van der Waals surface area (Å²) in [4.78, 5) is 12.7. The predicted octanol–water partition coefficient (Wildman–Crippen LogP) is 3.50. The number of para-hydroxylation sites is 1. The van der Waals surface area contributed by atoms with E-state index in [2.05, 4.69) is 11.7 Å². The first-order valence-corrected chi connectivity index (χ1v) is 9.11. The molecule has 0 unspecified atom stereocenters. The van der Waals surface area contributed by atoms with E-state index in [1.165, 1.54) is 0 Å². The van der Waals surface area contributed by atoms with Crippen molar-refractivity contribution in [2.75, 3.05) is 13.2 Å². The Morgan fingerprint density at radius 1 is 1.04 bits per heavy atom. The van der Waals surface area contributed by atoms with Crippen molar-refractivity contribution in [3.63, 3.8) is 0 Å². The Labute approximate surface area is 162 Å². The molecule has 0 spiro atoms. The molecule has 3 aromatic rings. The molecule has 2 aliphatic heterocycles. The van der Waals surface area contributed by atoms with E-state index < -0.39 is 0 Å². The summed E-state index contributed by atoms with van der Waals surface area (Å²) in [6.45, 7) is 5.21. The van der Waals surface area contributed by atoms with Crippen molar-refractivity contribution in [2.45, 2.75) is 13.0 Å². The third kappa shape index (κ3) is 2.83. The molecule has 1 aromatic heterocycles. The lowest BCUT2D eigenvalue weighted by atomic mass is 10.0. The van der Waals surface area contributed by atoms with Crippen LogP contribution in [0.5, 0.6) is 17.2 Å². The van der Waals surface area contributed by atoms with Gasteiger partial charge < -0.3 is 14.2 Å². The van der Waals surface area contributed by atoms with E-state index in [4.69, 9.17) is 14.2 Å². The summed E-state index contributed by atoms with van der Waals surface area (Å²) in [6.07, 6.45) is 2.00. The van der Waals surface area contributed by atoms with Gasteiger partial charge in [-0.15, -0.1) is 0 Å². The molecule has 3 heterocycles. The maximum Gasteiger partial charge on any atom is 0.161 e. The van der Waals surface area contributed by atoms with Crippen LogP contribution in [0.2, 0.25) is 0 Å². The summed E-state index contributed by atoms with van der Waals surface area (Å²) in [5.41, 5.74) is 3.48. The molecular formula is C22H18N2O4. The summed E-state index contributed by atoms with van der Waals surface area (Å²) in [6, 6.07) is 13.3. The topological polar surface area (TPSA) is 62.6 Å². The van der Waals surface area contributed by atoms with Gasteiger partial charge in [-0.25, -0.2) is 0 Å². The quantitative estimate of drug-likeness (QED) is 0.699. The largest absolute Gasteiger partial charge is 0.486 e. The van der Waals surface area contributed by atoms with E-state index in [0.29, 0.717) is 31.1 Å². The van der Waals surface area contributed by atoms with Crippen LogP contribution in [-0.4, -0.2) is 28.8 Å². The summed E-state index contributed by atoms with van der Waals surface area (Å²) in [5, 5.41) is 4.41. The van der Waals surface area contributed by atoms with Crippen LogP contribution in [0.1, 0.15) is 11.1 Å². The van der Waals surface area contributed by atoms with E-state index in [1.54, 1.807) is 10.9 Å². The van der Waals surface area contributed by atoms with Gasteiger partial charge in [-0.05, 0) is 29.8 Å². The Morgan fingerprint density at radius 2 is 1.86 bits per heavy atom. The van der Waals surface area contributed by atoms with Crippen LogP contribution in [-0.2, 0) is 17.8 Å². The highest BCUT2D eigenvalue weighted by Gasteiger charge is 2.25. The fourth-order valence-corrected chi connectivity index (χ4v) is 3.58. The number of hydrogen-bond donors (Lipinski definition) is 0. The smallest absolute Gasteiger partial charge is 0.161 e. The maximum absolute atomic E-state index is 12.7. The Balaban J connectivity index is 1.39. The van der Waals surface area contributed by atoms with Crippen LogP contribution in [0, 0.1) is 0 Å². The van der Waals surface area contributed by atoms with E-state index in [1.807, 2.05) is 42.5 Å². The fourth-order valence-electron chi connectivity index (χ4n) is 3.58. The highest BCUT2D eigenvalue weighted by atomic mass is 16.6. The second-order valence-electron chi connectivity index (χ2n) is 6.78. The van der Waals surface area contributed by atoms with Gasteiger partial charge in [0.15, 0.2) is 17.3 Å². The van der Waals surface area contributed by atoms with E-state index in [9.17, 15) is 4.79 Å². The zero-order chi connectivity index (χ0) is 19.1. The number of carbonyl (C=O) groups is 1. The van der Waals surface area contributed by atoms with Crippen molar-refractivity contribution >= 4 is 11.5 Å². The Bertz CT molecular complexity index is 1100. The molecule has 6 heteroatoms. The molecule has 28 heavy (non-hydrogen) atoms. The first-order valence-electron chi connectivity index (χ1n) is 9.11. The number of benzene rings is 2. The number of Topliss-reactive ketones (excluding diaryl/α,β-unsaturated/α-hetero) is 1. The first-order chi connectivity index (χ1) is 13.7. The van der Waals surface area contributed by atoms with Gasteiger partial charge in [0, 0.05) is 12.0 Å². The normalized spacial score (nSPS) is 14.1. The molecule has 0 amide bonds. The number of fused-ring (bicyclic) bond motifs is 4. The van der Waals surface area contributed by atoms with Gasteiger partial charge in [0.05, 0.1) is 17.5 Å². The van der Waals surface area contributed by atoms with Crippen molar-refractivity contribution in [1.29, 1.82) is 0 Å². The zero-order valence-electron chi connectivity index (χ0n) is 15.2. The molecule has 0 aliphatic carbocycles. The highest BCUT2D eigenvalue weighted by Crippen LogP contribution is 2.41.